The molecule has 94 valence electrons. The molecule has 17 heavy (non-hydrogen) atoms. The summed E-state index contributed by atoms with van der Waals surface area (Å²) in [4.78, 5) is 21.9. The molecule has 0 aliphatic rings. The maximum atomic E-state index is 11.1. The van der Waals surface area contributed by atoms with Crippen molar-refractivity contribution in [1.82, 2.24) is 0 Å². The van der Waals surface area contributed by atoms with Crippen molar-refractivity contribution in [2.24, 2.45) is 0 Å². The molecule has 0 aromatic heterocycles. The van der Waals surface area contributed by atoms with Gasteiger partial charge in [0.25, 0.3) is 0 Å². The van der Waals surface area contributed by atoms with Crippen LogP contribution >= 0.6 is 0 Å². The van der Waals surface area contributed by atoms with Crippen molar-refractivity contribution < 1.29 is 23.8 Å². The lowest BCUT2D eigenvalue weighted by Crippen LogP contribution is -2.26. The highest BCUT2D eigenvalue weighted by Gasteiger charge is 2.14. The summed E-state index contributed by atoms with van der Waals surface area (Å²) in [6, 6.07) is 0. The molecular formula is C12H16O5. The van der Waals surface area contributed by atoms with Crippen LogP contribution in [0.25, 0.3) is 0 Å². The summed E-state index contributed by atoms with van der Waals surface area (Å²) in [6.45, 7) is 11.5. The Morgan fingerprint density at radius 2 is 1.82 bits per heavy atom. The van der Waals surface area contributed by atoms with Gasteiger partial charge in [0.15, 0.2) is 6.10 Å². The minimum absolute atomic E-state index is 0.0534. The van der Waals surface area contributed by atoms with Gasteiger partial charge in [0, 0.05) is 11.6 Å². The lowest BCUT2D eigenvalue weighted by atomic mass is 10.3. The molecular weight excluding hydrogens is 224 g/mol. The first-order valence-corrected chi connectivity index (χ1v) is 4.89. The van der Waals surface area contributed by atoms with E-state index >= 15 is 0 Å². The average molecular weight is 240 g/mol. The van der Waals surface area contributed by atoms with Gasteiger partial charge in [-0.15, -0.1) is 0 Å². The highest BCUT2D eigenvalue weighted by molar-refractivity contribution is 5.86. The molecule has 0 N–H and O–H groups in total. The van der Waals surface area contributed by atoms with E-state index in [0.717, 1.165) is 6.08 Å². The van der Waals surface area contributed by atoms with Crippen LogP contribution in [0.15, 0.2) is 37.6 Å². The average Bonchev–Trinajstić information content (AvgIpc) is 2.31. The van der Waals surface area contributed by atoms with E-state index in [9.17, 15) is 9.59 Å². The summed E-state index contributed by atoms with van der Waals surface area (Å²) in [6.07, 6.45) is 1.62. The standard InChI is InChI=1S/C12H16O5/c1-5-11(13)16-7-10(15-6-2)8-17-12(14)9(3)4/h5-6,10H,1-3,7-8H2,4H3. The summed E-state index contributed by atoms with van der Waals surface area (Å²) in [5.41, 5.74) is 0.283. The van der Waals surface area contributed by atoms with Crippen LogP contribution in [0.1, 0.15) is 6.92 Å². The Kier molecular flexibility index (Phi) is 7.17. The molecule has 0 saturated heterocycles. The van der Waals surface area contributed by atoms with Gasteiger partial charge >= 0.3 is 11.9 Å². The topological polar surface area (TPSA) is 61.8 Å². The summed E-state index contributed by atoms with van der Waals surface area (Å²) < 4.78 is 14.6. The Hall–Kier alpha value is -2.04. The van der Waals surface area contributed by atoms with E-state index in [2.05, 4.69) is 19.7 Å². The minimum atomic E-state index is -0.598. The fourth-order valence-corrected chi connectivity index (χ4v) is 0.789. The second-order valence-electron chi connectivity index (χ2n) is 3.14. The lowest BCUT2D eigenvalue weighted by Gasteiger charge is -2.16. The Balaban J connectivity index is 4.10. The molecule has 5 heteroatoms. The molecule has 0 aliphatic heterocycles. The van der Waals surface area contributed by atoms with Gasteiger partial charge in [0.2, 0.25) is 0 Å². The SMILES string of the molecule is C=COC(COC(=O)C=C)COC(=O)C(=C)C. The van der Waals surface area contributed by atoms with Crippen molar-refractivity contribution in [3.8, 4) is 0 Å². The van der Waals surface area contributed by atoms with Crippen LogP contribution in [-0.4, -0.2) is 31.3 Å². The highest BCUT2D eigenvalue weighted by Crippen LogP contribution is 1.99. The number of esters is 2. The first-order valence-electron chi connectivity index (χ1n) is 4.89. The van der Waals surface area contributed by atoms with Crippen LogP contribution in [-0.2, 0) is 23.8 Å². The Morgan fingerprint density at radius 1 is 1.24 bits per heavy atom. The molecule has 0 fully saturated rings. The van der Waals surface area contributed by atoms with E-state index in [1.165, 1.54) is 13.2 Å². The molecule has 0 aliphatic carbocycles. The predicted octanol–water partition coefficient (Wildman–Crippen LogP) is 1.36. The van der Waals surface area contributed by atoms with E-state index < -0.39 is 18.0 Å². The molecule has 1 atom stereocenters. The van der Waals surface area contributed by atoms with Gasteiger partial charge in [0.05, 0.1) is 6.26 Å². The Labute approximate surface area is 100 Å². The third kappa shape index (κ3) is 6.94. The van der Waals surface area contributed by atoms with Crippen molar-refractivity contribution >= 4 is 11.9 Å². The Bertz CT molecular complexity index is 319. The van der Waals surface area contributed by atoms with E-state index in [4.69, 9.17) is 14.2 Å². The van der Waals surface area contributed by atoms with E-state index in [1.54, 1.807) is 0 Å². The molecule has 0 spiro atoms. The van der Waals surface area contributed by atoms with Gasteiger partial charge in [-0.2, -0.15) is 0 Å². The van der Waals surface area contributed by atoms with Crippen LogP contribution in [0.2, 0.25) is 0 Å². The molecule has 0 radical (unpaired) electrons. The van der Waals surface area contributed by atoms with Gasteiger partial charge in [-0.05, 0) is 6.92 Å². The van der Waals surface area contributed by atoms with Crippen LogP contribution in [0.5, 0.6) is 0 Å². The van der Waals surface area contributed by atoms with Crippen LogP contribution in [0, 0.1) is 0 Å². The third-order valence-corrected chi connectivity index (χ3v) is 1.62. The molecule has 0 aromatic rings. The molecule has 0 amide bonds. The predicted molar refractivity (Wildman–Crippen MR) is 62.0 cm³/mol. The Morgan fingerprint density at radius 3 is 2.29 bits per heavy atom. The van der Waals surface area contributed by atoms with Crippen molar-refractivity contribution in [3.63, 3.8) is 0 Å². The second-order valence-corrected chi connectivity index (χ2v) is 3.14. The van der Waals surface area contributed by atoms with Crippen LogP contribution in [0.3, 0.4) is 0 Å². The lowest BCUT2D eigenvalue weighted by molar-refractivity contribution is -0.147. The van der Waals surface area contributed by atoms with Crippen LogP contribution in [0.4, 0.5) is 0 Å². The van der Waals surface area contributed by atoms with Crippen LogP contribution < -0.4 is 0 Å². The summed E-state index contributed by atoms with van der Waals surface area (Å²) >= 11 is 0. The largest absolute Gasteiger partial charge is 0.491 e. The number of carbonyl (C=O) groups is 2. The van der Waals surface area contributed by atoms with E-state index in [-0.39, 0.29) is 18.8 Å². The number of rotatable bonds is 8. The smallest absolute Gasteiger partial charge is 0.333 e. The normalized spacial score (nSPS) is 10.9. The minimum Gasteiger partial charge on any atom is -0.491 e. The molecule has 0 aromatic carbocycles. The van der Waals surface area contributed by atoms with E-state index in [1.807, 2.05) is 0 Å². The molecule has 0 bridgehead atoms. The number of hydrogen-bond donors (Lipinski definition) is 0. The first kappa shape index (κ1) is 15.0. The summed E-state index contributed by atoms with van der Waals surface area (Å²) in [7, 11) is 0. The van der Waals surface area contributed by atoms with Gasteiger partial charge in [-0.1, -0.05) is 19.7 Å². The molecule has 5 nitrogen and oxygen atoms in total. The molecule has 0 saturated carbocycles. The number of carbonyl (C=O) groups excluding carboxylic acids is 2. The zero-order valence-electron chi connectivity index (χ0n) is 9.81. The summed E-state index contributed by atoms with van der Waals surface area (Å²) in [5.74, 6) is -1.11. The zero-order valence-corrected chi connectivity index (χ0v) is 9.81. The third-order valence-electron chi connectivity index (χ3n) is 1.62. The van der Waals surface area contributed by atoms with Crippen molar-refractivity contribution in [1.29, 1.82) is 0 Å². The second kappa shape index (κ2) is 8.15. The number of hydrogen-bond acceptors (Lipinski definition) is 5. The van der Waals surface area contributed by atoms with Crippen molar-refractivity contribution in [2.75, 3.05) is 13.2 Å². The van der Waals surface area contributed by atoms with Crippen molar-refractivity contribution in [2.45, 2.75) is 13.0 Å². The zero-order chi connectivity index (χ0) is 13.3. The van der Waals surface area contributed by atoms with Gasteiger partial charge in [0.1, 0.15) is 13.2 Å². The van der Waals surface area contributed by atoms with Gasteiger partial charge < -0.3 is 14.2 Å². The first-order chi connectivity index (χ1) is 8.01. The quantitative estimate of drug-likeness (QED) is 0.364. The molecule has 1 unspecified atom stereocenters. The monoisotopic (exact) mass is 240 g/mol. The fraction of sp³-hybridized carbons (Fsp3) is 0.333. The van der Waals surface area contributed by atoms with Gasteiger partial charge in [-0.3, -0.25) is 0 Å². The maximum absolute atomic E-state index is 11.1. The maximum Gasteiger partial charge on any atom is 0.333 e. The summed E-state index contributed by atoms with van der Waals surface area (Å²) in [5, 5.41) is 0. The fourth-order valence-electron chi connectivity index (χ4n) is 0.789. The highest BCUT2D eigenvalue weighted by atomic mass is 16.6. The van der Waals surface area contributed by atoms with E-state index in [0.29, 0.717) is 0 Å². The van der Waals surface area contributed by atoms with Gasteiger partial charge in [-0.25, -0.2) is 9.59 Å². The molecule has 0 rings (SSSR count). The van der Waals surface area contributed by atoms with Crippen molar-refractivity contribution in [3.05, 3.63) is 37.6 Å². The number of ether oxygens (including phenoxy) is 3. The molecule has 0 heterocycles.